The summed E-state index contributed by atoms with van der Waals surface area (Å²) in [6.07, 6.45) is 12.7. The first-order valence-electron chi connectivity index (χ1n) is 16.8. The van der Waals surface area contributed by atoms with Gasteiger partial charge in [0.2, 0.25) is 0 Å². The Bertz CT molecular complexity index is 1770. The highest BCUT2D eigenvalue weighted by atomic mass is 32.3. The molecule has 1 aliphatic heterocycles. The molecule has 0 aliphatic carbocycles. The van der Waals surface area contributed by atoms with Gasteiger partial charge in [0.15, 0.2) is 0 Å². The Labute approximate surface area is 301 Å². The standard InChI is InChI=1S/C35H40O4S4.C3H8.C2H6/c1-8-38-34(36)29-21-28(24-11-13-26-19-33(42(4,5)6)41-32(26)18-24)30(35(37)39-9-2)20-27(29)23-10-12-25(31(40)17-23)16-22(3)43(7)14-15-43;1-3-2;1-2/h10-13,16-21,40H,8-9,14-15H2,1-7H3;3H2,1-2H3;1-2H3/b22-16+;;. The highest BCUT2D eigenvalue weighted by Crippen LogP contribution is 2.64. The highest BCUT2D eigenvalue weighted by Gasteiger charge is 2.33. The first-order valence-corrected chi connectivity index (χ1v) is 23.3. The van der Waals surface area contributed by atoms with E-state index >= 15 is 0 Å². The van der Waals surface area contributed by atoms with E-state index in [-0.39, 0.29) is 13.2 Å². The van der Waals surface area contributed by atoms with Crippen LogP contribution in [0, 0.1) is 0 Å². The summed E-state index contributed by atoms with van der Waals surface area (Å²) in [6, 6.07) is 18.0. The molecule has 1 aliphatic rings. The van der Waals surface area contributed by atoms with Crippen molar-refractivity contribution < 1.29 is 19.1 Å². The summed E-state index contributed by atoms with van der Waals surface area (Å²) in [5, 5.41) is 1.18. The second kappa shape index (κ2) is 17.3. The number of esters is 2. The van der Waals surface area contributed by atoms with E-state index in [1.807, 2.05) is 38.1 Å². The van der Waals surface area contributed by atoms with Crippen LogP contribution in [0.2, 0.25) is 0 Å². The molecule has 5 rings (SSSR count). The molecule has 0 saturated carbocycles. The van der Waals surface area contributed by atoms with Crippen LogP contribution in [0.25, 0.3) is 38.4 Å². The van der Waals surface area contributed by atoms with Crippen molar-refractivity contribution in [3.8, 4) is 22.3 Å². The largest absolute Gasteiger partial charge is 0.462 e. The molecule has 48 heavy (non-hydrogen) atoms. The van der Waals surface area contributed by atoms with Gasteiger partial charge in [-0.1, -0.05) is 58.4 Å². The van der Waals surface area contributed by atoms with Gasteiger partial charge >= 0.3 is 11.9 Å². The lowest BCUT2D eigenvalue weighted by atomic mass is 9.90. The van der Waals surface area contributed by atoms with Crippen LogP contribution in [0.3, 0.4) is 0 Å². The summed E-state index contributed by atoms with van der Waals surface area (Å²) in [4.78, 5) is 29.1. The maximum atomic E-state index is 13.4. The van der Waals surface area contributed by atoms with Crippen LogP contribution in [-0.2, 0) is 9.47 Å². The molecule has 0 radical (unpaired) electrons. The number of thiol groups is 1. The molecule has 2 heterocycles. The Morgan fingerprint density at radius 2 is 1.33 bits per heavy atom. The van der Waals surface area contributed by atoms with Gasteiger partial charge in [0, 0.05) is 13.8 Å². The van der Waals surface area contributed by atoms with Crippen molar-refractivity contribution in [2.75, 3.05) is 49.7 Å². The number of fused-ring (bicyclic) bond motifs is 1. The van der Waals surface area contributed by atoms with Crippen molar-refractivity contribution in [2.24, 2.45) is 0 Å². The average Bonchev–Trinajstić information content (AvgIpc) is 3.65. The number of thiophene rings is 1. The van der Waals surface area contributed by atoms with E-state index < -0.39 is 32.0 Å². The number of carbonyl (C=O) groups is 2. The molecule has 1 fully saturated rings. The van der Waals surface area contributed by atoms with Gasteiger partial charge in [0.05, 0.1) is 24.3 Å². The molecular formula is C40H54O4S4. The second-order valence-corrected chi connectivity index (χ2v) is 22.4. The number of ether oxygens (including phenoxy) is 2. The first kappa shape index (κ1) is 39.8. The highest BCUT2D eigenvalue weighted by molar-refractivity contribution is 8.41. The van der Waals surface area contributed by atoms with Crippen LogP contribution >= 0.6 is 44.0 Å². The zero-order valence-electron chi connectivity index (χ0n) is 30.6. The number of allylic oxidation sites excluding steroid dienone is 1. The molecule has 0 atom stereocenters. The maximum Gasteiger partial charge on any atom is 0.338 e. The van der Waals surface area contributed by atoms with Crippen molar-refractivity contribution in [2.45, 2.75) is 64.0 Å². The molecule has 3 aromatic carbocycles. The Morgan fingerprint density at radius 1 is 0.833 bits per heavy atom. The maximum absolute atomic E-state index is 13.4. The van der Waals surface area contributed by atoms with Crippen molar-refractivity contribution in [3.05, 3.63) is 76.2 Å². The molecule has 4 aromatic rings. The number of rotatable bonds is 9. The minimum Gasteiger partial charge on any atom is -0.462 e. The third-order valence-electron chi connectivity index (χ3n) is 7.85. The van der Waals surface area contributed by atoms with E-state index in [1.54, 1.807) is 37.3 Å². The number of carbonyl (C=O) groups excluding carboxylic acids is 2. The Morgan fingerprint density at radius 3 is 1.79 bits per heavy atom. The summed E-state index contributed by atoms with van der Waals surface area (Å²) < 4.78 is 13.6. The molecule has 0 N–H and O–H groups in total. The van der Waals surface area contributed by atoms with Crippen LogP contribution in [-0.4, -0.2) is 61.7 Å². The number of benzene rings is 3. The molecule has 4 nitrogen and oxygen atoms in total. The summed E-state index contributed by atoms with van der Waals surface area (Å²) >= 11 is 6.62. The van der Waals surface area contributed by atoms with Crippen LogP contribution in [0.4, 0.5) is 0 Å². The van der Waals surface area contributed by atoms with E-state index in [4.69, 9.17) is 22.1 Å². The molecule has 0 bridgehead atoms. The van der Waals surface area contributed by atoms with Gasteiger partial charge in [-0.3, -0.25) is 0 Å². The van der Waals surface area contributed by atoms with Crippen LogP contribution in [0.15, 0.2) is 68.6 Å². The minimum atomic E-state index is -0.875. The van der Waals surface area contributed by atoms with E-state index in [0.717, 1.165) is 26.3 Å². The fourth-order valence-corrected chi connectivity index (χ4v) is 9.87. The molecule has 8 heteroatoms. The predicted octanol–water partition coefficient (Wildman–Crippen LogP) is 12.2. The summed E-state index contributed by atoms with van der Waals surface area (Å²) in [5.41, 5.74) is 4.76. The summed E-state index contributed by atoms with van der Waals surface area (Å²) in [5.74, 6) is 1.72. The monoisotopic (exact) mass is 726 g/mol. The van der Waals surface area contributed by atoms with Crippen LogP contribution in [0.1, 0.15) is 81.2 Å². The van der Waals surface area contributed by atoms with Gasteiger partial charge in [0.1, 0.15) is 0 Å². The summed E-state index contributed by atoms with van der Waals surface area (Å²) in [7, 11) is -1.48. The molecule has 0 spiro atoms. The second-order valence-electron chi connectivity index (χ2n) is 12.5. The third kappa shape index (κ3) is 9.52. The molecule has 1 aromatic heterocycles. The lowest BCUT2D eigenvalue weighted by Gasteiger charge is -2.22. The average molecular weight is 727 g/mol. The zero-order chi connectivity index (χ0) is 35.8. The smallest absolute Gasteiger partial charge is 0.338 e. The fraction of sp³-hybridized carbons (Fsp3) is 0.400. The van der Waals surface area contributed by atoms with E-state index in [2.05, 4.69) is 70.1 Å². The van der Waals surface area contributed by atoms with Crippen molar-refractivity contribution in [1.29, 1.82) is 0 Å². The van der Waals surface area contributed by atoms with Crippen molar-refractivity contribution in [1.82, 2.24) is 0 Å². The Hall–Kier alpha value is -2.65. The molecule has 0 amide bonds. The van der Waals surface area contributed by atoms with Crippen molar-refractivity contribution in [3.63, 3.8) is 0 Å². The topological polar surface area (TPSA) is 52.6 Å². The van der Waals surface area contributed by atoms with Crippen LogP contribution in [0.5, 0.6) is 0 Å². The zero-order valence-corrected chi connectivity index (χ0v) is 34.0. The Kier molecular flexibility index (Phi) is 14.4. The molecule has 0 unspecified atom stereocenters. The van der Waals surface area contributed by atoms with Gasteiger partial charge in [-0.25, -0.2) is 29.6 Å². The lowest BCUT2D eigenvalue weighted by Crippen LogP contribution is -2.12. The predicted molar refractivity (Wildman–Crippen MR) is 220 cm³/mol. The quantitative estimate of drug-likeness (QED) is 0.106. The fourth-order valence-electron chi connectivity index (χ4n) is 4.95. The van der Waals surface area contributed by atoms with E-state index in [1.165, 1.54) is 32.4 Å². The van der Waals surface area contributed by atoms with Gasteiger partial charge in [-0.05, 0) is 132 Å². The number of hydrogen-bond acceptors (Lipinski definition) is 6. The lowest BCUT2D eigenvalue weighted by molar-refractivity contribution is 0.0513. The van der Waals surface area contributed by atoms with Gasteiger partial charge in [-0.2, -0.15) is 0 Å². The third-order valence-corrected chi connectivity index (χ3v) is 15.5. The molecule has 262 valence electrons. The SMILES string of the molecule is CC.CCC.CCOC(=O)c1cc(-c2ccc3cc(S(C)(C)C)sc3c2)c(C(=O)OCC)cc1-c1ccc(/C=C(\C)S2(C)CC2)c(S)c1. The Balaban J connectivity index is 0.00000118. The normalized spacial score (nSPS) is 14.5. The molecule has 1 saturated heterocycles. The summed E-state index contributed by atoms with van der Waals surface area (Å²) in [6.45, 7) is 14.5. The first-order chi connectivity index (χ1) is 22.8. The van der Waals surface area contributed by atoms with E-state index in [9.17, 15) is 9.59 Å². The minimum absolute atomic E-state index is 0.244. The number of hydrogen-bond donors (Lipinski definition) is 1. The van der Waals surface area contributed by atoms with Gasteiger partial charge < -0.3 is 9.47 Å². The van der Waals surface area contributed by atoms with Crippen LogP contribution < -0.4 is 0 Å². The van der Waals surface area contributed by atoms with Gasteiger partial charge in [0.25, 0.3) is 0 Å². The van der Waals surface area contributed by atoms with Gasteiger partial charge in [-0.15, -0.1) is 24.0 Å². The van der Waals surface area contributed by atoms with Crippen molar-refractivity contribution >= 4 is 72.1 Å². The van der Waals surface area contributed by atoms with E-state index in [0.29, 0.717) is 22.3 Å². The molecular weight excluding hydrogens is 673 g/mol.